The van der Waals surface area contributed by atoms with E-state index in [9.17, 15) is 9.59 Å². The quantitative estimate of drug-likeness (QED) is 0.429. The van der Waals surface area contributed by atoms with E-state index in [0.29, 0.717) is 16.5 Å². The molecule has 3 atom stereocenters. The fraction of sp³-hybridized carbons (Fsp3) is 0.440. The third-order valence-electron chi connectivity index (χ3n) is 7.59. The highest BCUT2D eigenvalue weighted by Crippen LogP contribution is 2.62. The molecule has 2 aromatic rings. The summed E-state index contributed by atoms with van der Waals surface area (Å²) in [6, 6.07) is 11.1. The van der Waals surface area contributed by atoms with Gasteiger partial charge in [-0.25, -0.2) is 0 Å². The Morgan fingerprint density at radius 3 is 2.53 bits per heavy atom. The van der Waals surface area contributed by atoms with E-state index in [1.165, 1.54) is 0 Å². The number of carbonyl (C=O) groups excluding carboxylic acids is 2. The summed E-state index contributed by atoms with van der Waals surface area (Å²) in [4.78, 5) is 27.2. The first kappa shape index (κ1) is 21.6. The minimum absolute atomic E-state index is 0.0553. The average Bonchev–Trinajstić information content (AvgIpc) is 2.87. The molecule has 2 saturated carbocycles. The molecule has 158 valence electrons. The molecule has 2 fully saturated rings. The van der Waals surface area contributed by atoms with Crippen LogP contribution in [0.1, 0.15) is 57.6 Å². The highest BCUT2D eigenvalue weighted by molar-refractivity contribution is 9.10. The predicted octanol–water partition coefficient (Wildman–Crippen LogP) is 7.14. The smallest absolute Gasteiger partial charge is 0.154 e. The molecular weight excluding hydrogens is 464 g/mol. The molecule has 30 heavy (non-hydrogen) atoms. The molecule has 2 aliphatic carbocycles. The lowest BCUT2D eigenvalue weighted by atomic mass is 9.54. The number of benzene rings is 2. The SMILES string of the molecule is CCc1ccc(Oc2ccc(Br)cc2Cl)cc1C1C(=O)[C@@H]2CC[C@](C)(C1=O)C2(C)C. The molecule has 0 spiro atoms. The zero-order chi connectivity index (χ0) is 21.8. The van der Waals surface area contributed by atoms with Crippen molar-refractivity contribution < 1.29 is 14.3 Å². The fourth-order valence-electron chi connectivity index (χ4n) is 5.29. The first-order valence-electron chi connectivity index (χ1n) is 10.4. The van der Waals surface area contributed by atoms with E-state index >= 15 is 0 Å². The number of hydrogen-bond acceptors (Lipinski definition) is 3. The van der Waals surface area contributed by atoms with Crippen LogP contribution in [-0.2, 0) is 16.0 Å². The van der Waals surface area contributed by atoms with Crippen LogP contribution in [0.4, 0.5) is 0 Å². The molecule has 0 heterocycles. The van der Waals surface area contributed by atoms with E-state index in [1.807, 2.05) is 38.1 Å². The van der Waals surface area contributed by atoms with Gasteiger partial charge < -0.3 is 4.74 Å². The van der Waals surface area contributed by atoms with Crippen LogP contribution in [0.15, 0.2) is 40.9 Å². The van der Waals surface area contributed by atoms with Gasteiger partial charge in [-0.1, -0.05) is 61.3 Å². The molecule has 1 unspecified atom stereocenters. The van der Waals surface area contributed by atoms with Crippen molar-refractivity contribution in [1.82, 2.24) is 0 Å². The third-order valence-corrected chi connectivity index (χ3v) is 8.38. The molecule has 0 radical (unpaired) electrons. The van der Waals surface area contributed by atoms with Crippen LogP contribution in [-0.4, -0.2) is 11.6 Å². The summed E-state index contributed by atoms with van der Waals surface area (Å²) in [6.07, 6.45) is 2.31. The van der Waals surface area contributed by atoms with Crippen LogP contribution in [0.2, 0.25) is 5.02 Å². The van der Waals surface area contributed by atoms with Crippen LogP contribution >= 0.6 is 27.5 Å². The summed E-state index contributed by atoms with van der Waals surface area (Å²) in [7, 11) is 0. The zero-order valence-electron chi connectivity index (χ0n) is 17.7. The molecule has 0 saturated heterocycles. The standard InChI is InChI=1S/C25H26BrClO3/c1-5-14-6-8-16(30-20-9-7-15(26)12-19(20)27)13-17(14)21-22(28)18-10-11-25(4,23(21)29)24(18,2)3/h6-9,12-13,18,21H,5,10-11H2,1-4H3/t18-,21?,25+/m0/s1. The maximum atomic E-state index is 13.7. The Morgan fingerprint density at radius 1 is 1.13 bits per heavy atom. The van der Waals surface area contributed by atoms with Crippen LogP contribution in [0.25, 0.3) is 0 Å². The highest BCUT2D eigenvalue weighted by Gasteiger charge is 2.64. The van der Waals surface area contributed by atoms with Crippen molar-refractivity contribution in [3.63, 3.8) is 0 Å². The second-order valence-electron chi connectivity index (χ2n) is 9.24. The Hall–Kier alpha value is -1.65. The van der Waals surface area contributed by atoms with Crippen LogP contribution in [0, 0.1) is 16.7 Å². The van der Waals surface area contributed by atoms with Gasteiger partial charge in [-0.3, -0.25) is 9.59 Å². The van der Waals surface area contributed by atoms with Gasteiger partial charge in [-0.15, -0.1) is 0 Å². The summed E-state index contributed by atoms with van der Waals surface area (Å²) < 4.78 is 6.89. The minimum Gasteiger partial charge on any atom is -0.456 e. The second kappa shape index (κ2) is 7.49. The summed E-state index contributed by atoms with van der Waals surface area (Å²) in [5.41, 5.74) is 1.02. The molecule has 2 aliphatic rings. The Bertz CT molecular complexity index is 1040. The summed E-state index contributed by atoms with van der Waals surface area (Å²) in [5.74, 6) is 0.432. The zero-order valence-corrected chi connectivity index (χ0v) is 20.1. The van der Waals surface area contributed by atoms with Gasteiger partial charge in [-0.05, 0) is 66.1 Å². The predicted molar refractivity (Wildman–Crippen MR) is 122 cm³/mol. The summed E-state index contributed by atoms with van der Waals surface area (Å²) in [6.45, 7) is 8.24. The van der Waals surface area contributed by atoms with E-state index in [1.54, 1.807) is 12.1 Å². The van der Waals surface area contributed by atoms with Crippen LogP contribution in [0.5, 0.6) is 11.5 Å². The Balaban J connectivity index is 1.76. The molecule has 0 N–H and O–H groups in total. The van der Waals surface area contributed by atoms with E-state index in [4.69, 9.17) is 16.3 Å². The van der Waals surface area contributed by atoms with Crippen molar-refractivity contribution in [3.8, 4) is 11.5 Å². The topological polar surface area (TPSA) is 43.4 Å². The largest absolute Gasteiger partial charge is 0.456 e. The van der Waals surface area contributed by atoms with E-state index in [-0.39, 0.29) is 22.9 Å². The van der Waals surface area contributed by atoms with E-state index in [0.717, 1.165) is 34.9 Å². The van der Waals surface area contributed by atoms with Crippen molar-refractivity contribution >= 4 is 39.1 Å². The normalized spacial score (nSPS) is 27.4. The van der Waals surface area contributed by atoms with Crippen molar-refractivity contribution in [1.29, 1.82) is 0 Å². The van der Waals surface area contributed by atoms with Gasteiger partial charge in [0.25, 0.3) is 0 Å². The maximum Gasteiger partial charge on any atom is 0.154 e. The monoisotopic (exact) mass is 488 g/mol. The van der Waals surface area contributed by atoms with Crippen LogP contribution < -0.4 is 4.74 Å². The lowest BCUT2D eigenvalue weighted by molar-refractivity contribution is -0.149. The summed E-state index contributed by atoms with van der Waals surface area (Å²) in [5, 5.41) is 0.489. The molecule has 3 nitrogen and oxygen atoms in total. The molecule has 0 amide bonds. The van der Waals surface area contributed by atoms with Gasteiger partial charge in [0.05, 0.1) is 5.02 Å². The van der Waals surface area contributed by atoms with Gasteiger partial charge in [0.1, 0.15) is 17.4 Å². The van der Waals surface area contributed by atoms with Gasteiger partial charge in [0.2, 0.25) is 0 Å². The molecule has 2 aromatic carbocycles. The number of carbonyl (C=O) groups is 2. The summed E-state index contributed by atoms with van der Waals surface area (Å²) >= 11 is 9.70. The van der Waals surface area contributed by atoms with Crippen molar-refractivity contribution in [2.24, 2.45) is 16.7 Å². The van der Waals surface area contributed by atoms with Crippen molar-refractivity contribution in [3.05, 3.63) is 57.0 Å². The van der Waals surface area contributed by atoms with E-state index < -0.39 is 11.3 Å². The van der Waals surface area contributed by atoms with Crippen molar-refractivity contribution in [2.75, 3.05) is 0 Å². The lowest BCUT2D eigenvalue weighted by Gasteiger charge is -2.46. The van der Waals surface area contributed by atoms with Gasteiger partial charge >= 0.3 is 0 Å². The van der Waals surface area contributed by atoms with E-state index in [2.05, 4.69) is 29.8 Å². The molecule has 0 aromatic heterocycles. The maximum absolute atomic E-state index is 13.7. The number of ether oxygens (including phenoxy) is 1. The molecular formula is C25H26BrClO3. The number of aryl methyl sites for hydroxylation is 1. The molecule has 5 heteroatoms. The van der Waals surface area contributed by atoms with Gasteiger partial charge in [0.15, 0.2) is 11.6 Å². The van der Waals surface area contributed by atoms with Gasteiger partial charge in [0, 0.05) is 15.8 Å². The number of Topliss-reactive ketones (excluding diaryl/α,β-unsaturated/α-hetero) is 2. The third kappa shape index (κ3) is 3.15. The molecule has 0 aliphatic heterocycles. The number of hydrogen-bond donors (Lipinski definition) is 0. The minimum atomic E-state index is -0.714. The first-order valence-corrected chi connectivity index (χ1v) is 11.6. The fourth-order valence-corrected chi connectivity index (χ4v) is 6.01. The Kier molecular flexibility index (Phi) is 5.39. The molecule has 2 bridgehead atoms. The van der Waals surface area contributed by atoms with Gasteiger partial charge in [-0.2, -0.15) is 0 Å². The second-order valence-corrected chi connectivity index (χ2v) is 10.6. The number of halogens is 2. The number of fused-ring (bicyclic) bond motifs is 2. The number of ketones is 2. The first-order chi connectivity index (χ1) is 14.1. The Labute approximate surface area is 191 Å². The number of rotatable bonds is 4. The van der Waals surface area contributed by atoms with Crippen LogP contribution in [0.3, 0.4) is 0 Å². The molecule has 4 rings (SSSR count). The average molecular weight is 490 g/mol. The lowest BCUT2D eigenvalue weighted by Crippen LogP contribution is -2.52. The van der Waals surface area contributed by atoms with Crippen molar-refractivity contribution in [2.45, 2.75) is 52.9 Å². The Morgan fingerprint density at radius 2 is 1.87 bits per heavy atom. The highest BCUT2D eigenvalue weighted by atomic mass is 79.9.